The second-order valence-electron chi connectivity index (χ2n) is 7.98. The Bertz CT molecular complexity index is 553. The number of amides is 1. The van der Waals surface area contributed by atoms with Crippen LogP contribution in [0.4, 0.5) is 0 Å². The van der Waals surface area contributed by atoms with Crippen LogP contribution in [0.25, 0.3) is 0 Å². The Hall–Kier alpha value is -1.17. The average Bonchev–Trinajstić information content (AvgIpc) is 2.65. The van der Waals surface area contributed by atoms with Crippen LogP contribution in [0.2, 0.25) is 18.1 Å². The highest BCUT2D eigenvalue weighted by Gasteiger charge is 2.50. The molecule has 0 unspecified atom stereocenters. The highest BCUT2D eigenvalue weighted by molar-refractivity contribution is 6.74. The second kappa shape index (κ2) is 6.38. The zero-order valence-electron chi connectivity index (χ0n) is 15.0. The molecule has 0 aromatic heterocycles. The topological polar surface area (TPSA) is 49.8 Å². The predicted molar refractivity (Wildman–Crippen MR) is 94.5 cm³/mol. The van der Waals surface area contributed by atoms with Gasteiger partial charge >= 0.3 is 0 Å². The number of benzene rings is 1. The zero-order valence-corrected chi connectivity index (χ0v) is 16.0. The first kappa shape index (κ1) is 18.2. The van der Waals surface area contributed by atoms with Gasteiger partial charge in [0.1, 0.15) is 6.10 Å². The van der Waals surface area contributed by atoms with Crippen LogP contribution in [0.3, 0.4) is 0 Å². The highest BCUT2D eigenvalue weighted by Crippen LogP contribution is 2.39. The molecule has 1 aromatic rings. The van der Waals surface area contributed by atoms with Gasteiger partial charge in [-0.1, -0.05) is 51.1 Å². The minimum atomic E-state index is -2.11. The largest absolute Gasteiger partial charge is 0.403 e. The van der Waals surface area contributed by atoms with Crippen LogP contribution in [0, 0.1) is 0 Å². The van der Waals surface area contributed by atoms with E-state index < -0.39 is 20.5 Å². The van der Waals surface area contributed by atoms with Gasteiger partial charge in [-0.25, -0.2) is 0 Å². The third-order valence-corrected chi connectivity index (χ3v) is 9.70. The Labute approximate surface area is 140 Å². The maximum absolute atomic E-state index is 12.8. The van der Waals surface area contributed by atoms with E-state index in [1.807, 2.05) is 37.3 Å². The fourth-order valence-electron chi connectivity index (χ4n) is 2.56. The van der Waals surface area contributed by atoms with Crippen molar-refractivity contribution < 1.29 is 14.3 Å². The molecule has 1 aromatic carbocycles. The summed E-state index contributed by atoms with van der Waals surface area (Å²) in [6.45, 7) is 13.0. The first-order valence-electron chi connectivity index (χ1n) is 8.25. The van der Waals surface area contributed by atoms with E-state index in [-0.39, 0.29) is 17.0 Å². The lowest BCUT2D eigenvalue weighted by Gasteiger charge is -2.38. The van der Waals surface area contributed by atoms with E-state index >= 15 is 0 Å². The number of aliphatic hydroxyl groups excluding tert-OH is 1. The fraction of sp³-hybridized carbons (Fsp3) is 0.611. The SMILES string of the molecule is C[C@H]1[C@H](O)[C@@H](O[Si](C)(C)C(C)(C)C)C(=O)N1Cc1ccccc1. The quantitative estimate of drug-likeness (QED) is 0.860. The second-order valence-corrected chi connectivity index (χ2v) is 12.7. The van der Waals surface area contributed by atoms with Crippen LogP contribution in [-0.2, 0) is 15.8 Å². The van der Waals surface area contributed by atoms with Crippen molar-refractivity contribution >= 4 is 14.2 Å². The van der Waals surface area contributed by atoms with Crippen LogP contribution >= 0.6 is 0 Å². The number of likely N-dealkylation sites (tertiary alicyclic amines) is 1. The molecule has 0 bridgehead atoms. The van der Waals surface area contributed by atoms with Gasteiger partial charge in [0.05, 0.1) is 6.04 Å². The average molecular weight is 336 g/mol. The minimum absolute atomic E-state index is 0.00306. The number of rotatable bonds is 4. The van der Waals surface area contributed by atoms with E-state index in [0.29, 0.717) is 6.54 Å². The molecule has 1 fully saturated rings. The summed E-state index contributed by atoms with van der Waals surface area (Å²) in [7, 11) is -2.11. The summed E-state index contributed by atoms with van der Waals surface area (Å²) in [5.41, 5.74) is 1.06. The van der Waals surface area contributed by atoms with Gasteiger partial charge in [-0.15, -0.1) is 0 Å². The third kappa shape index (κ3) is 3.67. The first-order chi connectivity index (χ1) is 10.5. The summed E-state index contributed by atoms with van der Waals surface area (Å²) in [6.07, 6.45) is -1.52. The summed E-state index contributed by atoms with van der Waals surface area (Å²) in [6, 6.07) is 9.62. The number of hydrogen-bond donors (Lipinski definition) is 1. The maximum Gasteiger partial charge on any atom is 0.253 e. The Kier molecular flexibility index (Phi) is 5.04. The van der Waals surface area contributed by atoms with Crippen LogP contribution in [0.5, 0.6) is 0 Å². The lowest BCUT2D eigenvalue weighted by molar-refractivity contribution is -0.135. The van der Waals surface area contributed by atoms with Crippen molar-refractivity contribution in [2.45, 2.75) is 70.6 Å². The molecule has 1 aliphatic rings. The Morgan fingerprint density at radius 1 is 1.22 bits per heavy atom. The van der Waals surface area contributed by atoms with Crippen molar-refractivity contribution in [2.24, 2.45) is 0 Å². The Morgan fingerprint density at radius 3 is 2.30 bits per heavy atom. The molecule has 23 heavy (non-hydrogen) atoms. The molecule has 0 saturated carbocycles. The minimum Gasteiger partial charge on any atom is -0.403 e. The van der Waals surface area contributed by atoms with Gasteiger partial charge in [-0.2, -0.15) is 0 Å². The third-order valence-electron chi connectivity index (χ3n) is 5.25. The van der Waals surface area contributed by atoms with Crippen molar-refractivity contribution in [1.82, 2.24) is 4.90 Å². The Balaban J connectivity index is 2.16. The van der Waals surface area contributed by atoms with Gasteiger partial charge < -0.3 is 14.4 Å². The molecule has 5 heteroatoms. The Morgan fingerprint density at radius 2 is 1.78 bits per heavy atom. The fourth-order valence-corrected chi connectivity index (χ4v) is 3.79. The molecule has 128 valence electrons. The number of carbonyl (C=O) groups excluding carboxylic acids is 1. The van der Waals surface area contributed by atoms with Crippen LogP contribution in [-0.4, -0.2) is 42.5 Å². The van der Waals surface area contributed by atoms with Crippen molar-refractivity contribution in [1.29, 1.82) is 0 Å². The molecule has 2 rings (SSSR count). The van der Waals surface area contributed by atoms with Gasteiger partial charge in [0.15, 0.2) is 14.4 Å². The molecular formula is C18H29NO3Si. The van der Waals surface area contributed by atoms with E-state index in [0.717, 1.165) is 5.56 Å². The zero-order chi connectivity index (χ0) is 17.4. The molecule has 0 spiro atoms. The lowest BCUT2D eigenvalue weighted by Crippen LogP contribution is -2.48. The van der Waals surface area contributed by atoms with Gasteiger partial charge in [0.25, 0.3) is 5.91 Å². The van der Waals surface area contributed by atoms with Gasteiger partial charge in [0.2, 0.25) is 0 Å². The molecule has 1 amide bonds. The van der Waals surface area contributed by atoms with Crippen LogP contribution in [0.1, 0.15) is 33.3 Å². The van der Waals surface area contributed by atoms with Crippen molar-refractivity contribution in [3.8, 4) is 0 Å². The lowest BCUT2D eigenvalue weighted by atomic mass is 10.1. The number of carbonyl (C=O) groups is 1. The van der Waals surface area contributed by atoms with E-state index in [1.165, 1.54) is 0 Å². The van der Waals surface area contributed by atoms with Gasteiger partial charge in [-0.05, 0) is 30.6 Å². The molecule has 0 aliphatic carbocycles. The molecule has 4 nitrogen and oxygen atoms in total. The predicted octanol–water partition coefficient (Wildman–Crippen LogP) is 3.17. The number of nitrogens with zero attached hydrogens (tertiary/aromatic N) is 1. The summed E-state index contributed by atoms with van der Waals surface area (Å²) in [5.74, 6) is -0.0984. The standard InChI is InChI=1S/C18H29NO3Si/c1-13-15(20)16(22-23(5,6)18(2,3)4)17(21)19(13)12-14-10-8-7-9-11-14/h7-11,13,15-16,20H,12H2,1-6H3/t13-,15-,16+/m0/s1. The van der Waals surface area contributed by atoms with E-state index in [4.69, 9.17) is 4.43 Å². The highest BCUT2D eigenvalue weighted by atomic mass is 28.4. The summed E-state index contributed by atoms with van der Waals surface area (Å²) < 4.78 is 6.22. The molecule has 1 aliphatic heterocycles. The van der Waals surface area contributed by atoms with Gasteiger partial charge in [-0.3, -0.25) is 4.79 Å². The van der Waals surface area contributed by atoms with Gasteiger partial charge in [0, 0.05) is 6.54 Å². The van der Waals surface area contributed by atoms with Crippen molar-refractivity contribution in [3.05, 3.63) is 35.9 Å². The number of hydrogen-bond acceptors (Lipinski definition) is 3. The monoisotopic (exact) mass is 335 g/mol. The smallest absolute Gasteiger partial charge is 0.253 e. The van der Waals surface area contributed by atoms with Crippen molar-refractivity contribution in [2.75, 3.05) is 0 Å². The van der Waals surface area contributed by atoms with Crippen LogP contribution in [0.15, 0.2) is 30.3 Å². The van der Waals surface area contributed by atoms with Crippen LogP contribution < -0.4 is 0 Å². The molecule has 1 saturated heterocycles. The molecule has 1 heterocycles. The summed E-state index contributed by atoms with van der Waals surface area (Å²) in [4.78, 5) is 14.5. The first-order valence-corrected chi connectivity index (χ1v) is 11.2. The molecule has 0 radical (unpaired) electrons. The van der Waals surface area contributed by atoms with E-state index in [2.05, 4.69) is 33.9 Å². The summed E-state index contributed by atoms with van der Waals surface area (Å²) >= 11 is 0. The normalized spacial score (nSPS) is 26.0. The molecule has 1 N–H and O–H groups in total. The van der Waals surface area contributed by atoms with E-state index in [9.17, 15) is 9.90 Å². The molecule has 3 atom stereocenters. The van der Waals surface area contributed by atoms with Crippen molar-refractivity contribution in [3.63, 3.8) is 0 Å². The van der Waals surface area contributed by atoms with E-state index in [1.54, 1.807) is 4.90 Å². The maximum atomic E-state index is 12.8. The summed E-state index contributed by atoms with van der Waals surface area (Å²) in [5, 5.41) is 10.5. The number of aliphatic hydroxyl groups is 1. The molecular weight excluding hydrogens is 306 g/mol.